The zero-order valence-electron chi connectivity index (χ0n) is 18.3. The summed E-state index contributed by atoms with van der Waals surface area (Å²) in [6.45, 7) is 0.256. The van der Waals surface area contributed by atoms with Crippen LogP contribution in [-0.2, 0) is 17.9 Å². The SMILES string of the molecule is COc1ccc(OC)c(CN(Cc2ccccc2)C(=O)COc2c(Br)cccc2C(=O)O)c1. The summed E-state index contributed by atoms with van der Waals surface area (Å²) in [7, 11) is 3.14. The molecule has 33 heavy (non-hydrogen) atoms. The molecular weight excluding hydrogens is 490 g/mol. The van der Waals surface area contributed by atoms with E-state index in [1.54, 1.807) is 43.4 Å². The first kappa shape index (κ1) is 24.1. The second-order valence-corrected chi connectivity index (χ2v) is 7.98. The molecule has 0 unspecified atom stereocenters. The lowest BCUT2D eigenvalue weighted by Gasteiger charge is -2.24. The van der Waals surface area contributed by atoms with Crippen molar-refractivity contribution in [1.82, 2.24) is 4.90 Å². The van der Waals surface area contributed by atoms with Crippen molar-refractivity contribution in [3.8, 4) is 17.2 Å². The van der Waals surface area contributed by atoms with Gasteiger partial charge < -0.3 is 24.2 Å². The Morgan fingerprint density at radius 1 is 0.939 bits per heavy atom. The van der Waals surface area contributed by atoms with Crippen molar-refractivity contribution in [3.63, 3.8) is 0 Å². The minimum Gasteiger partial charge on any atom is -0.497 e. The number of carboxylic acids is 1. The third-order valence-corrected chi connectivity index (χ3v) is 5.58. The summed E-state index contributed by atoms with van der Waals surface area (Å²) in [5, 5.41) is 9.44. The minimum atomic E-state index is -1.14. The molecule has 1 N–H and O–H groups in total. The molecule has 0 atom stereocenters. The van der Waals surface area contributed by atoms with Gasteiger partial charge in [-0.25, -0.2) is 4.79 Å². The van der Waals surface area contributed by atoms with Gasteiger partial charge in [0.05, 0.1) is 18.7 Å². The lowest BCUT2D eigenvalue weighted by Crippen LogP contribution is -2.34. The van der Waals surface area contributed by atoms with E-state index in [0.29, 0.717) is 22.5 Å². The summed E-state index contributed by atoms with van der Waals surface area (Å²) in [4.78, 5) is 26.4. The number of carbonyl (C=O) groups excluding carboxylic acids is 1. The standard InChI is InChI=1S/C25H24BrNO6/c1-31-19-11-12-22(32-2)18(13-19)15-27(14-17-7-4-3-5-8-17)23(28)16-33-24-20(25(29)30)9-6-10-21(24)26/h3-13H,14-16H2,1-2H3,(H,29,30). The molecular formula is C25H24BrNO6. The Labute approximate surface area is 200 Å². The van der Waals surface area contributed by atoms with E-state index in [1.165, 1.54) is 6.07 Å². The molecule has 8 heteroatoms. The molecule has 0 radical (unpaired) electrons. The summed E-state index contributed by atoms with van der Waals surface area (Å²) in [5.41, 5.74) is 1.69. The third kappa shape index (κ3) is 6.26. The topological polar surface area (TPSA) is 85.3 Å². The van der Waals surface area contributed by atoms with Crippen LogP contribution in [0.2, 0.25) is 0 Å². The predicted octanol–water partition coefficient (Wildman–Crippen LogP) is 4.77. The molecule has 1 amide bonds. The number of rotatable bonds is 10. The van der Waals surface area contributed by atoms with Crippen LogP contribution in [0.3, 0.4) is 0 Å². The fraction of sp³-hybridized carbons (Fsp3) is 0.200. The Morgan fingerprint density at radius 2 is 1.70 bits per heavy atom. The van der Waals surface area contributed by atoms with Crippen LogP contribution in [0.5, 0.6) is 17.2 Å². The smallest absolute Gasteiger partial charge is 0.339 e. The van der Waals surface area contributed by atoms with E-state index in [9.17, 15) is 14.7 Å². The molecule has 7 nitrogen and oxygen atoms in total. The number of halogens is 1. The van der Waals surface area contributed by atoms with E-state index in [-0.39, 0.29) is 30.4 Å². The molecule has 0 spiro atoms. The number of hydrogen-bond acceptors (Lipinski definition) is 5. The first-order valence-electron chi connectivity index (χ1n) is 10.1. The fourth-order valence-corrected chi connectivity index (χ4v) is 3.78. The molecule has 0 aliphatic rings. The zero-order chi connectivity index (χ0) is 23.8. The highest BCUT2D eigenvalue weighted by Crippen LogP contribution is 2.30. The highest BCUT2D eigenvalue weighted by atomic mass is 79.9. The monoisotopic (exact) mass is 513 g/mol. The van der Waals surface area contributed by atoms with Crippen LogP contribution in [0.1, 0.15) is 21.5 Å². The van der Waals surface area contributed by atoms with E-state index >= 15 is 0 Å². The zero-order valence-corrected chi connectivity index (χ0v) is 19.9. The van der Waals surface area contributed by atoms with Crippen LogP contribution in [0.4, 0.5) is 0 Å². The number of carbonyl (C=O) groups is 2. The van der Waals surface area contributed by atoms with Crippen molar-refractivity contribution in [2.75, 3.05) is 20.8 Å². The number of aromatic carboxylic acids is 1. The Morgan fingerprint density at radius 3 is 2.36 bits per heavy atom. The third-order valence-electron chi connectivity index (χ3n) is 4.96. The summed E-state index contributed by atoms with van der Waals surface area (Å²) in [6.07, 6.45) is 0. The van der Waals surface area contributed by atoms with Gasteiger partial charge in [-0.15, -0.1) is 0 Å². The molecule has 172 valence electrons. The number of methoxy groups -OCH3 is 2. The van der Waals surface area contributed by atoms with Crippen molar-refractivity contribution in [3.05, 3.63) is 87.9 Å². The largest absolute Gasteiger partial charge is 0.497 e. The average Bonchev–Trinajstić information content (AvgIpc) is 2.83. The molecule has 0 bridgehead atoms. The molecule has 3 rings (SSSR count). The van der Waals surface area contributed by atoms with Crippen molar-refractivity contribution < 1.29 is 28.9 Å². The van der Waals surface area contributed by atoms with E-state index in [4.69, 9.17) is 14.2 Å². The van der Waals surface area contributed by atoms with E-state index < -0.39 is 5.97 Å². The van der Waals surface area contributed by atoms with Crippen LogP contribution in [0.15, 0.2) is 71.2 Å². The van der Waals surface area contributed by atoms with Crippen LogP contribution in [0, 0.1) is 0 Å². The quantitative estimate of drug-likeness (QED) is 0.420. The number of ether oxygens (including phenoxy) is 3. The Bertz CT molecular complexity index is 1120. The Hall–Kier alpha value is -3.52. The van der Waals surface area contributed by atoms with Crippen molar-refractivity contribution in [2.45, 2.75) is 13.1 Å². The summed E-state index contributed by atoms with van der Waals surface area (Å²) >= 11 is 3.30. The van der Waals surface area contributed by atoms with Gasteiger partial charge in [0.15, 0.2) is 6.61 Å². The summed E-state index contributed by atoms with van der Waals surface area (Å²) in [6, 6.07) is 19.7. The summed E-state index contributed by atoms with van der Waals surface area (Å²) in [5.74, 6) is -0.0659. The molecule has 0 saturated heterocycles. The molecule has 0 aliphatic heterocycles. The summed E-state index contributed by atoms with van der Waals surface area (Å²) < 4.78 is 16.9. The van der Waals surface area contributed by atoms with Gasteiger partial charge in [0, 0.05) is 18.7 Å². The highest BCUT2D eigenvalue weighted by molar-refractivity contribution is 9.10. The number of para-hydroxylation sites is 1. The van der Waals surface area contributed by atoms with Gasteiger partial charge in [-0.05, 0) is 51.8 Å². The maximum absolute atomic E-state index is 13.2. The Kier molecular flexibility index (Phi) is 8.32. The van der Waals surface area contributed by atoms with Crippen LogP contribution >= 0.6 is 15.9 Å². The van der Waals surface area contributed by atoms with Gasteiger partial charge >= 0.3 is 5.97 Å². The average molecular weight is 514 g/mol. The van der Waals surface area contributed by atoms with E-state index in [0.717, 1.165) is 11.1 Å². The van der Waals surface area contributed by atoms with E-state index in [1.807, 2.05) is 36.4 Å². The Balaban J connectivity index is 1.86. The van der Waals surface area contributed by atoms with Crippen LogP contribution in [0.25, 0.3) is 0 Å². The van der Waals surface area contributed by atoms with Crippen LogP contribution < -0.4 is 14.2 Å². The molecule has 0 saturated carbocycles. The van der Waals surface area contributed by atoms with Gasteiger partial charge in [-0.1, -0.05) is 36.4 Å². The number of benzene rings is 3. The molecule has 0 fully saturated rings. The molecule has 0 heterocycles. The molecule has 3 aromatic rings. The molecule has 0 aliphatic carbocycles. The van der Waals surface area contributed by atoms with Crippen molar-refractivity contribution in [2.24, 2.45) is 0 Å². The number of hydrogen-bond donors (Lipinski definition) is 1. The second kappa shape index (κ2) is 11.4. The van der Waals surface area contributed by atoms with Gasteiger partial charge in [-0.2, -0.15) is 0 Å². The van der Waals surface area contributed by atoms with Crippen LogP contribution in [-0.4, -0.2) is 42.7 Å². The fourth-order valence-electron chi connectivity index (χ4n) is 3.30. The maximum Gasteiger partial charge on any atom is 0.339 e. The van der Waals surface area contributed by atoms with Gasteiger partial charge in [0.1, 0.15) is 22.8 Å². The van der Waals surface area contributed by atoms with Gasteiger partial charge in [0.25, 0.3) is 5.91 Å². The first-order chi connectivity index (χ1) is 15.9. The second-order valence-electron chi connectivity index (χ2n) is 7.12. The van der Waals surface area contributed by atoms with Gasteiger partial charge in [-0.3, -0.25) is 4.79 Å². The van der Waals surface area contributed by atoms with Gasteiger partial charge in [0.2, 0.25) is 0 Å². The molecule has 0 aromatic heterocycles. The molecule has 3 aromatic carbocycles. The van der Waals surface area contributed by atoms with Crippen molar-refractivity contribution in [1.29, 1.82) is 0 Å². The minimum absolute atomic E-state index is 0.0266. The number of nitrogens with zero attached hydrogens (tertiary/aromatic N) is 1. The normalized spacial score (nSPS) is 10.4. The lowest BCUT2D eigenvalue weighted by atomic mass is 10.1. The number of amides is 1. The lowest BCUT2D eigenvalue weighted by molar-refractivity contribution is -0.134. The highest BCUT2D eigenvalue weighted by Gasteiger charge is 2.21. The first-order valence-corrected chi connectivity index (χ1v) is 10.9. The number of carboxylic acid groups (broad SMARTS) is 1. The van der Waals surface area contributed by atoms with E-state index in [2.05, 4.69) is 15.9 Å². The predicted molar refractivity (Wildman–Crippen MR) is 127 cm³/mol. The maximum atomic E-state index is 13.2. The van der Waals surface area contributed by atoms with Crippen molar-refractivity contribution >= 4 is 27.8 Å².